The van der Waals surface area contributed by atoms with Crippen molar-refractivity contribution in [1.82, 2.24) is 10.3 Å². The Labute approximate surface area is 188 Å². The molecule has 4 N–H and O–H groups in total. The molecule has 9 heteroatoms. The van der Waals surface area contributed by atoms with E-state index in [4.69, 9.17) is 17.3 Å². The lowest BCUT2D eigenvalue weighted by molar-refractivity contribution is 0.0916. The number of rotatable bonds is 6. The van der Waals surface area contributed by atoms with Gasteiger partial charge < -0.3 is 16.2 Å². The van der Waals surface area contributed by atoms with Crippen LogP contribution in [-0.4, -0.2) is 33.7 Å². The van der Waals surface area contributed by atoms with E-state index in [-0.39, 0.29) is 43.6 Å². The van der Waals surface area contributed by atoms with Crippen molar-refractivity contribution in [2.45, 2.75) is 51.3 Å². The van der Waals surface area contributed by atoms with Crippen molar-refractivity contribution in [3.8, 4) is 0 Å². The van der Waals surface area contributed by atoms with Crippen LogP contribution in [0.3, 0.4) is 0 Å². The first-order chi connectivity index (χ1) is 12.6. The lowest BCUT2D eigenvalue weighted by Gasteiger charge is -2.23. The zero-order valence-corrected chi connectivity index (χ0v) is 18.9. The first-order valence-electron chi connectivity index (χ1n) is 8.71. The molecule has 1 aromatic carbocycles. The second-order valence-corrected chi connectivity index (χ2v) is 7.98. The van der Waals surface area contributed by atoms with Crippen molar-refractivity contribution in [2.24, 2.45) is 5.73 Å². The zero-order chi connectivity index (χ0) is 20.2. The predicted molar refractivity (Wildman–Crippen MR) is 119 cm³/mol. The van der Waals surface area contributed by atoms with Crippen molar-refractivity contribution >= 4 is 42.3 Å². The molecule has 0 radical (unpaired) electrons. The first-order valence-corrected chi connectivity index (χ1v) is 9.08. The molecule has 1 aromatic heterocycles. The molecule has 0 saturated heterocycles. The van der Waals surface area contributed by atoms with E-state index in [0.717, 1.165) is 0 Å². The molecule has 1 heterocycles. The SMILES string of the molecule is CC(C)(C)NC(=O)c1cccnc1C[C@H](O)[C@H](N)Cc1cc(F)ccc1Cl.Cl.Cl. The van der Waals surface area contributed by atoms with E-state index in [9.17, 15) is 14.3 Å². The smallest absolute Gasteiger partial charge is 0.253 e. The van der Waals surface area contributed by atoms with Gasteiger partial charge in [-0.1, -0.05) is 11.6 Å². The summed E-state index contributed by atoms with van der Waals surface area (Å²) in [7, 11) is 0. The lowest BCUT2D eigenvalue weighted by atomic mass is 9.97. The van der Waals surface area contributed by atoms with Crippen LogP contribution in [0, 0.1) is 5.82 Å². The van der Waals surface area contributed by atoms with Gasteiger partial charge in [0.25, 0.3) is 5.91 Å². The van der Waals surface area contributed by atoms with Crippen LogP contribution in [0.25, 0.3) is 0 Å². The Hall–Kier alpha value is -1.44. The van der Waals surface area contributed by atoms with Gasteiger partial charge in [-0.25, -0.2) is 4.39 Å². The largest absolute Gasteiger partial charge is 0.391 e. The third-order valence-corrected chi connectivity index (χ3v) is 4.35. The van der Waals surface area contributed by atoms with Crippen molar-refractivity contribution in [1.29, 1.82) is 0 Å². The summed E-state index contributed by atoms with van der Waals surface area (Å²) >= 11 is 6.06. The van der Waals surface area contributed by atoms with Crippen molar-refractivity contribution in [3.63, 3.8) is 0 Å². The van der Waals surface area contributed by atoms with Crippen LogP contribution in [-0.2, 0) is 12.8 Å². The van der Waals surface area contributed by atoms with E-state index in [1.807, 2.05) is 20.8 Å². The Morgan fingerprint density at radius 1 is 1.28 bits per heavy atom. The molecular weight excluding hydrogens is 440 g/mol. The molecule has 0 bridgehead atoms. The molecule has 0 fully saturated rings. The van der Waals surface area contributed by atoms with Crippen molar-refractivity contribution in [3.05, 3.63) is 64.2 Å². The Bertz CT molecular complexity index is 816. The number of halogens is 4. The normalized spacial score (nSPS) is 12.9. The molecule has 0 saturated carbocycles. The Morgan fingerprint density at radius 3 is 2.55 bits per heavy atom. The summed E-state index contributed by atoms with van der Waals surface area (Å²) in [6.07, 6.45) is 0.890. The number of aromatic nitrogens is 1. The highest BCUT2D eigenvalue weighted by molar-refractivity contribution is 6.31. The Morgan fingerprint density at radius 2 is 1.93 bits per heavy atom. The maximum absolute atomic E-state index is 13.4. The van der Waals surface area contributed by atoms with E-state index >= 15 is 0 Å². The topological polar surface area (TPSA) is 88.2 Å². The predicted octanol–water partition coefficient (Wildman–Crippen LogP) is 3.72. The highest BCUT2D eigenvalue weighted by Gasteiger charge is 2.23. The van der Waals surface area contributed by atoms with Gasteiger partial charge in [0, 0.05) is 29.2 Å². The summed E-state index contributed by atoms with van der Waals surface area (Å²) < 4.78 is 13.4. The summed E-state index contributed by atoms with van der Waals surface area (Å²) in [6, 6.07) is 6.66. The number of aliphatic hydroxyl groups excluding tert-OH is 1. The Balaban J connectivity index is 0.00000392. The highest BCUT2D eigenvalue weighted by atomic mass is 35.5. The maximum Gasteiger partial charge on any atom is 0.253 e. The van der Waals surface area contributed by atoms with Gasteiger partial charge in [-0.3, -0.25) is 9.78 Å². The van der Waals surface area contributed by atoms with Gasteiger partial charge in [-0.05, 0) is 63.1 Å². The van der Waals surface area contributed by atoms with E-state index in [1.165, 1.54) is 18.2 Å². The van der Waals surface area contributed by atoms with E-state index < -0.39 is 23.5 Å². The van der Waals surface area contributed by atoms with Crippen LogP contribution in [0.2, 0.25) is 5.02 Å². The quantitative estimate of drug-likeness (QED) is 0.605. The number of aliphatic hydroxyl groups is 1. The fourth-order valence-corrected chi connectivity index (χ4v) is 2.85. The van der Waals surface area contributed by atoms with Gasteiger partial charge in [-0.15, -0.1) is 24.8 Å². The number of nitrogens with zero attached hydrogens (tertiary/aromatic N) is 1. The molecule has 0 spiro atoms. The maximum atomic E-state index is 13.4. The molecular formula is C20H27Cl3FN3O2. The van der Waals surface area contributed by atoms with Crippen LogP contribution < -0.4 is 11.1 Å². The third-order valence-electron chi connectivity index (χ3n) is 3.98. The molecule has 29 heavy (non-hydrogen) atoms. The summed E-state index contributed by atoms with van der Waals surface area (Å²) in [5, 5.41) is 13.8. The molecule has 162 valence electrons. The fraction of sp³-hybridized carbons (Fsp3) is 0.400. The second-order valence-electron chi connectivity index (χ2n) is 7.58. The number of nitrogens with two attached hydrogens (primary N) is 1. The average molecular weight is 467 g/mol. The molecule has 2 aromatic rings. The number of hydrogen-bond acceptors (Lipinski definition) is 4. The molecule has 0 aliphatic carbocycles. The van der Waals surface area contributed by atoms with Gasteiger partial charge in [-0.2, -0.15) is 0 Å². The summed E-state index contributed by atoms with van der Waals surface area (Å²) in [6.45, 7) is 5.65. The monoisotopic (exact) mass is 465 g/mol. The summed E-state index contributed by atoms with van der Waals surface area (Å²) in [4.78, 5) is 16.7. The fourth-order valence-electron chi connectivity index (χ4n) is 2.65. The van der Waals surface area contributed by atoms with E-state index in [1.54, 1.807) is 18.3 Å². The van der Waals surface area contributed by atoms with Gasteiger partial charge in [0.2, 0.25) is 0 Å². The van der Waals surface area contributed by atoms with Crippen LogP contribution in [0.15, 0.2) is 36.5 Å². The molecule has 0 unspecified atom stereocenters. The molecule has 2 atom stereocenters. The number of carbonyl (C=O) groups excluding carboxylic acids is 1. The standard InChI is InChI=1S/C20H25ClFN3O2.2ClH/c1-20(2,3)25-19(27)14-5-4-8-24-17(14)11-18(26)16(23)10-12-9-13(22)6-7-15(12)21;;/h4-9,16,18,26H,10-11,23H2,1-3H3,(H,25,27);2*1H/t16-,18+;;/m1../s1. The lowest BCUT2D eigenvalue weighted by Crippen LogP contribution is -2.42. The highest BCUT2D eigenvalue weighted by Crippen LogP contribution is 2.20. The number of amides is 1. The number of pyridine rings is 1. The van der Waals surface area contributed by atoms with Crippen LogP contribution in [0.1, 0.15) is 42.4 Å². The third kappa shape index (κ3) is 8.44. The van der Waals surface area contributed by atoms with Crippen LogP contribution in [0.5, 0.6) is 0 Å². The Kier molecular flexibility index (Phi) is 11.1. The van der Waals surface area contributed by atoms with Crippen molar-refractivity contribution in [2.75, 3.05) is 0 Å². The van der Waals surface area contributed by atoms with Crippen LogP contribution in [0.4, 0.5) is 4.39 Å². The summed E-state index contributed by atoms with van der Waals surface area (Å²) in [5.74, 6) is -0.679. The zero-order valence-electron chi connectivity index (χ0n) is 16.5. The van der Waals surface area contributed by atoms with Gasteiger partial charge >= 0.3 is 0 Å². The minimum atomic E-state index is -0.972. The molecule has 0 aliphatic rings. The van der Waals surface area contributed by atoms with E-state index in [2.05, 4.69) is 10.3 Å². The number of hydrogen-bond donors (Lipinski definition) is 3. The minimum Gasteiger partial charge on any atom is -0.391 e. The van der Waals surface area contributed by atoms with Gasteiger partial charge in [0.05, 0.1) is 17.4 Å². The first kappa shape index (κ1) is 27.6. The number of carbonyl (C=O) groups is 1. The van der Waals surface area contributed by atoms with Gasteiger partial charge in [0.15, 0.2) is 0 Å². The van der Waals surface area contributed by atoms with Gasteiger partial charge in [0.1, 0.15) is 5.82 Å². The number of benzene rings is 1. The molecule has 2 rings (SSSR count). The average Bonchev–Trinajstić information content (AvgIpc) is 2.57. The minimum absolute atomic E-state index is 0. The second kappa shape index (κ2) is 11.7. The molecule has 1 amide bonds. The number of nitrogens with one attached hydrogen (secondary N) is 1. The van der Waals surface area contributed by atoms with Crippen molar-refractivity contribution < 1.29 is 14.3 Å². The molecule has 5 nitrogen and oxygen atoms in total. The molecule has 0 aliphatic heterocycles. The van der Waals surface area contributed by atoms with Crippen LogP contribution >= 0.6 is 36.4 Å². The summed E-state index contributed by atoms with van der Waals surface area (Å²) in [5.41, 5.74) is 7.05. The van der Waals surface area contributed by atoms with E-state index in [0.29, 0.717) is 21.8 Å².